The van der Waals surface area contributed by atoms with Crippen molar-refractivity contribution < 1.29 is 9.53 Å². The third-order valence-electron chi connectivity index (χ3n) is 3.01. The number of nitrogens with zero attached hydrogens (tertiary/aromatic N) is 1. The number of carbonyl (C=O) groups excluding carboxylic acids is 1. The standard InChI is InChI=1S/C17H16N4O2/c1-23-16-8-6-14(7-9-16)20-11-12(10-18)17(22)21-15-4-2-13(19)3-5-15/h2-9,11,20H,19H2,1H3,(H,21,22)/b12-11-. The second-order valence-corrected chi connectivity index (χ2v) is 4.62. The Hall–Kier alpha value is -3.46. The highest BCUT2D eigenvalue weighted by Crippen LogP contribution is 2.16. The molecule has 2 rings (SSSR count). The Morgan fingerprint density at radius 2 is 1.74 bits per heavy atom. The summed E-state index contributed by atoms with van der Waals surface area (Å²) in [4.78, 5) is 12.1. The number of nitrogens with one attached hydrogen (secondary N) is 2. The molecule has 0 aromatic heterocycles. The quantitative estimate of drug-likeness (QED) is 0.448. The van der Waals surface area contributed by atoms with Gasteiger partial charge in [0.2, 0.25) is 0 Å². The summed E-state index contributed by atoms with van der Waals surface area (Å²) in [5, 5.41) is 14.7. The average Bonchev–Trinajstić information content (AvgIpc) is 2.58. The Kier molecular flexibility index (Phi) is 5.21. The van der Waals surface area contributed by atoms with Gasteiger partial charge in [-0.2, -0.15) is 5.26 Å². The molecule has 0 heterocycles. The first-order chi connectivity index (χ1) is 11.1. The third-order valence-corrected chi connectivity index (χ3v) is 3.01. The smallest absolute Gasteiger partial charge is 0.267 e. The lowest BCUT2D eigenvalue weighted by atomic mass is 10.2. The Balaban J connectivity index is 2.03. The summed E-state index contributed by atoms with van der Waals surface area (Å²) in [6.07, 6.45) is 1.36. The Bertz CT molecular complexity index is 744. The number of benzene rings is 2. The molecule has 2 aromatic rings. The maximum Gasteiger partial charge on any atom is 0.267 e. The molecule has 1 amide bonds. The molecule has 6 nitrogen and oxygen atoms in total. The molecule has 0 unspecified atom stereocenters. The molecule has 0 fully saturated rings. The van der Waals surface area contributed by atoms with Gasteiger partial charge in [0.1, 0.15) is 17.4 Å². The molecule has 0 bridgehead atoms. The first-order valence-electron chi connectivity index (χ1n) is 6.80. The number of anilines is 3. The molecule has 0 aliphatic heterocycles. The lowest BCUT2D eigenvalue weighted by Crippen LogP contribution is -2.14. The first kappa shape index (κ1) is 15.9. The van der Waals surface area contributed by atoms with Crippen molar-refractivity contribution >= 4 is 23.0 Å². The fraction of sp³-hybridized carbons (Fsp3) is 0.0588. The molecule has 116 valence electrons. The minimum absolute atomic E-state index is 0.0438. The largest absolute Gasteiger partial charge is 0.497 e. The van der Waals surface area contributed by atoms with E-state index in [0.717, 1.165) is 11.4 Å². The predicted octanol–water partition coefficient (Wildman–Crippen LogP) is 2.74. The number of rotatable bonds is 5. The summed E-state index contributed by atoms with van der Waals surface area (Å²) in [6, 6.07) is 15.6. The number of ether oxygens (including phenoxy) is 1. The van der Waals surface area contributed by atoms with E-state index in [1.165, 1.54) is 6.20 Å². The van der Waals surface area contributed by atoms with Gasteiger partial charge in [-0.3, -0.25) is 4.79 Å². The lowest BCUT2D eigenvalue weighted by Gasteiger charge is -2.06. The van der Waals surface area contributed by atoms with Crippen molar-refractivity contribution in [2.24, 2.45) is 0 Å². The zero-order chi connectivity index (χ0) is 16.7. The van der Waals surface area contributed by atoms with Crippen LogP contribution in [0.15, 0.2) is 60.3 Å². The van der Waals surface area contributed by atoms with Gasteiger partial charge in [0.05, 0.1) is 7.11 Å². The zero-order valence-electron chi connectivity index (χ0n) is 12.5. The van der Waals surface area contributed by atoms with Crippen molar-refractivity contribution in [2.75, 3.05) is 23.5 Å². The minimum atomic E-state index is -0.502. The van der Waals surface area contributed by atoms with Gasteiger partial charge < -0.3 is 21.1 Å². The highest BCUT2D eigenvalue weighted by Gasteiger charge is 2.09. The minimum Gasteiger partial charge on any atom is -0.497 e. The monoisotopic (exact) mass is 308 g/mol. The highest BCUT2D eigenvalue weighted by molar-refractivity contribution is 6.06. The molecule has 0 saturated heterocycles. The highest BCUT2D eigenvalue weighted by atomic mass is 16.5. The molecule has 0 radical (unpaired) electrons. The molecule has 0 spiro atoms. The summed E-state index contributed by atoms with van der Waals surface area (Å²) >= 11 is 0. The van der Waals surface area contributed by atoms with Crippen LogP contribution < -0.4 is 21.1 Å². The van der Waals surface area contributed by atoms with Crippen LogP contribution in [0.25, 0.3) is 0 Å². The average molecular weight is 308 g/mol. The van der Waals surface area contributed by atoms with E-state index in [-0.39, 0.29) is 5.57 Å². The van der Waals surface area contributed by atoms with Gasteiger partial charge in [0.15, 0.2) is 0 Å². The zero-order valence-corrected chi connectivity index (χ0v) is 12.5. The van der Waals surface area contributed by atoms with Gasteiger partial charge in [-0.15, -0.1) is 0 Å². The predicted molar refractivity (Wildman–Crippen MR) is 89.8 cm³/mol. The van der Waals surface area contributed by atoms with E-state index in [9.17, 15) is 4.79 Å². The van der Waals surface area contributed by atoms with Crippen LogP contribution in [0, 0.1) is 11.3 Å². The number of nitrogen functional groups attached to an aromatic ring is 1. The van der Waals surface area contributed by atoms with Crippen LogP contribution in [0.4, 0.5) is 17.1 Å². The van der Waals surface area contributed by atoms with Crippen molar-refractivity contribution in [3.63, 3.8) is 0 Å². The second kappa shape index (κ2) is 7.52. The number of amides is 1. The van der Waals surface area contributed by atoms with E-state index in [2.05, 4.69) is 10.6 Å². The van der Waals surface area contributed by atoms with E-state index in [1.807, 2.05) is 6.07 Å². The van der Waals surface area contributed by atoms with E-state index < -0.39 is 5.91 Å². The fourth-order valence-electron chi connectivity index (χ4n) is 1.76. The topological polar surface area (TPSA) is 100 Å². The molecular formula is C17H16N4O2. The normalized spacial score (nSPS) is 10.5. The molecule has 2 aromatic carbocycles. The summed E-state index contributed by atoms with van der Waals surface area (Å²) in [7, 11) is 1.58. The van der Waals surface area contributed by atoms with Gasteiger partial charge in [-0.25, -0.2) is 0 Å². The molecule has 6 heteroatoms. The first-order valence-corrected chi connectivity index (χ1v) is 6.80. The van der Waals surface area contributed by atoms with Gasteiger partial charge >= 0.3 is 0 Å². The van der Waals surface area contributed by atoms with Gasteiger partial charge in [0, 0.05) is 23.3 Å². The van der Waals surface area contributed by atoms with E-state index in [0.29, 0.717) is 11.4 Å². The third kappa shape index (κ3) is 4.51. The maximum absolute atomic E-state index is 12.1. The molecule has 23 heavy (non-hydrogen) atoms. The summed E-state index contributed by atoms with van der Waals surface area (Å²) in [5.74, 6) is 0.222. The van der Waals surface area contributed by atoms with Crippen molar-refractivity contribution in [3.05, 3.63) is 60.3 Å². The van der Waals surface area contributed by atoms with Gasteiger partial charge in [-0.05, 0) is 48.5 Å². The number of nitriles is 1. The molecule has 0 atom stereocenters. The number of nitrogens with two attached hydrogens (primary N) is 1. The fourth-order valence-corrected chi connectivity index (χ4v) is 1.76. The van der Waals surface area contributed by atoms with E-state index in [4.69, 9.17) is 15.7 Å². The van der Waals surface area contributed by atoms with Crippen molar-refractivity contribution in [2.45, 2.75) is 0 Å². The van der Waals surface area contributed by atoms with Crippen LogP contribution in [0.2, 0.25) is 0 Å². The van der Waals surface area contributed by atoms with Crippen LogP contribution in [-0.4, -0.2) is 13.0 Å². The molecule has 0 aliphatic carbocycles. The summed E-state index contributed by atoms with van der Waals surface area (Å²) in [5.41, 5.74) is 7.43. The van der Waals surface area contributed by atoms with Crippen molar-refractivity contribution in [3.8, 4) is 11.8 Å². The summed E-state index contributed by atoms with van der Waals surface area (Å²) < 4.78 is 5.06. The van der Waals surface area contributed by atoms with Crippen LogP contribution in [0.1, 0.15) is 0 Å². The lowest BCUT2D eigenvalue weighted by molar-refractivity contribution is -0.112. The number of carbonyl (C=O) groups is 1. The second-order valence-electron chi connectivity index (χ2n) is 4.62. The molecule has 0 saturated carbocycles. The number of methoxy groups -OCH3 is 1. The molecule has 4 N–H and O–H groups in total. The molecular weight excluding hydrogens is 292 g/mol. The number of hydrogen-bond acceptors (Lipinski definition) is 5. The maximum atomic E-state index is 12.1. The van der Waals surface area contributed by atoms with Crippen LogP contribution in [-0.2, 0) is 4.79 Å². The SMILES string of the molecule is COc1ccc(N/C=C(/C#N)C(=O)Nc2ccc(N)cc2)cc1. The van der Waals surface area contributed by atoms with E-state index >= 15 is 0 Å². The van der Waals surface area contributed by atoms with Crippen LogP contribution in [0.5, 0.6) is 5.75 Å². The summed E-state index contributed by atoms with van der Waals surface area (Å²) in [6.45, 7) is 0. The van der Waals surface area contributed by atoms with Crippen molar-refractivity contribution in [1.29, 1.82) is 5.26 Å². The van der Waals surface area contributed by atoms with Crippen LogP contribution >= 0.6 is 0 Å². The van der Waals surface area contributed by atoms with Gasteiger partial charge in [0.25, 0.3) is 5.91 Å². The van der Waals surface area contributed by atoms with Crippen LogP contribution in [0.3, 0.4) is 0 Å². The van der Waals surface area contributed by atoms with E-state index in [1.54, 1.807) is 55.6 Å². The van der Waals surface area contributed by atoms with Gasteiger partial charge in [-0.1, -0.05) is 0 Å². The Morgan fingerprint density at radius 1 is 1.13 bits per heavy atom. The Labute approximate surface area is 134 Å². The Morgan fingerprint density at radius 3 is 2.30 bits per heavy atom. The molecule has 0 aliphatic rings. The van der Waals surface area contributed by atoms with Crippen molar-refractivity contribution in [1.82, 2.24) is 0 Å². The number of hydrogen-bond donors (Lipinski definition) is 3.